The maximum atomic E-state index is 12.0. The number of nitrogens with zero attached hydrogens (tertiary/aromatic N) is 2. The van der Waals surface area contributed by atoms with Crippen LogP contribution in [-0.2, 0) is 0 Å². The number of aromatic nitrogens is 2. The van der Waals surface area contributed by atoms with E-state index in [0.717, 1.165) is 18.4 Å². The van der Waals surface area contributed by atoms with E-state index < -0.39 is 11.9 Å². The van der Waals surface area contributed by atoms with Crippen molar-refractivity contribution in [1.82, 2.24) is 26.1 Å². The molecule has 1 atom stereocenters. The molecule has 0 saturated heterocycles. The SMILES string of the molecule is CCCC(NC(=O)NNC(=O)c1cnccn1)c1ccccc1. The highest BCUT2D eigenvalue weighted by Gasteiger charge is 2.14. The minimum atomic E-state index is -0.528. The molecule has 7 nitrogen and oxygen atoms in total. The normalized spacial score (nSPS) is 11.3. The Morgan fingerprint density at radius 2 is 1.91 bits per heavy atom. The Bertz CT molecular complexity index is 633. The van der Waals surface area contributed by atoms with Gasteiger partial charge in [0, 0.05) is 12.4 Å². The molecule has 0 aliphatic rings. The molecule has 0 aliphatic carbocycles. The van der Waals surface area contributed by atoms with Crippen molar-refractivity contribution in [2.45, 2.75) is 25.8 Å². The Balaban J connectivity index is 1.88. The van der Waals surface area contributed by atoms with E-state index in [2.05, 4.69) is 26.1 Å². The summed E-state index contributed by atoms with van der Waals surface area (Å²) in [6, 6.07) is 9.09. The zero-order valence-corrected chi connectivity index (χ0v) is 12.8. The van der Waals surface area contributed by atoms with E-state index in [9.17, 15) is 9.59 Å². The molecule has 3 N–H and O–H groups in total. The second kappa shape index (κ2) is 8.47. The van der Waals surface area contributed by atoms with Gasteiger partial charge in [-0.25, -0.2) is 15.2 Å². The number of nitrogens with one attached hydrogen (secondary N) is 3. The molecule has 1 unspecified atom stereocenters. The third-order valence-corrected chi connectivity index (χ3v) is 3.17. The molecule has 0 saturated carbocycles. The van der Waals surface area contributed by atoms with Crippen LogP contribution in [0.1, 0.15) is 41.9 Å². The molecule has 0 bridgehead atoms. The number of urea groups is 1. The molecule has 1 heterocycles. The van der Waals surface area contributed by atoms with Crippen molar-refractivity contribution < 1.29 is 9.59 Å². The highest BCUT2D eigenvalue weighted by molar-refractivity contribution is 5.93. The molecule has 1 aromatic heterocycles. The molecule has 7 heteroatoms. The van der Waals surface area contributed by atoms with Gasteiger partial charge in [0.1, 0.15) is 5.69 Å². The van der Waals surface area contributed by atoms with Crippen molar-refractivity contribution in [2.24, 2.45) is 0 Å². The van der Waals surface area contributed by atoms with E-state index in [1.807, 2.05) is 37.3 Å². The van der Waals surface area contributed by atoms with Gasteiger partial charge in [0.25, 0.3) is 5.91 Å². The third kappa shape index (κ3) is 5.06. The first kappa shape index (κ1) is 16.4. The van der Waals surface area contributed by atoms with Crippen LogP contribution in [0.3, 0.4) is 0 Å². The first-order valence-corrected chi connectivity index (χ1v) is 7.38. The van der Waals surface area contributed by atoms with Crippen molar-refractivity contribution >= 4 is 11.9 Å². The molecule has 0 radical (unpaired) electrons. The zero-order valence-electron chi connectivity index (χ0n) is 12.8. The monoisotopic (exact) mass is 313 g/mol. The number of rotatable bonds is 5. The summed E-state index contributed by atoms with van der Waals surface area (Å²) in [7, 11) is 0. The van der Waals surface area contributed by atoms with E-state index in [1.54, 1.807) is 0 Å². The summed E-state index contributed by atoms with van der Waals surface area (Å²) in [6.07, 6.45) is 5.91. The second-order valence-corrected chi connectivity index (χ2v) is 4.90. The highest BCUT2D eigenvalue weighted by Crippen LogP contribution is 2.17. The van der Waals surface area contributed by atoms with E-state index in [1.165, 1.54) is 18.6 Å². The fourth-order valence-corrected chi connectivity index (χ4v) is 2.08. The molecule has 2 rings (SSSR count). The number of amides is 3. The van der Waals surface area contributed by atoms with Gasteiger partial charge in [-0.05, 0) is 12.0 Å². The number of hydrazine groups is 1. The van der Waals surface area contributed by atoms with Crippen LogP contribution in [0.25, 0.3) is 0 Å². The van der Waals surface area contributed by atoms with E-state index in [4.69, 9.17) is 0 Å². The second-order valence-electron chi connectivity index (χ2n) is 4.90. The van der Waals surface area contributed by atoms with E-state index in [0.29, 0.717) is 0 Å². The number of carbonyl (C=O) groups excluding carboxylic acids is 2. The van der Waals surface area contributed by atoms with Gasteiger partial charge in [0.15, 0.2) is 0 Å². The minimum Gasteiger partial charge on any atom is -0.330 e. The van der Waals surface area contributed by atoms with Gasteiger partial charge >= 0.3 is 6.03 Å². The van der Waals surface area contributed by atoms with Crippen LogP contribution in [0.2, 0.25) is 0 Å². The zero-order chi connectivity index (χ0) is 16.5. The summed E-state index contributed by atoms with van der Waals surface area (Å²) in [5.41, 5.74) is 5.76. The van der Waals surface area contributed by atoms with E-state index in [-0.39, 0.29) is 11.7 Å². The van der Waals surface area contributed by atoms with Gasteiger partial charge in [-0.3, -0.25) is 15.2 Å². The first-order chi connectivity index (χ1) is 11.2. The Kier molecular flexibility index (Phi) is 6.05. The summed E-state index contributed by atoms with van der Waals surface area (Å²) in [5.74, 6) is -0.528. The lowest BCUT2D eigenvalue weighted by Gasteiger charge is -2.19. The standard InChI is InChI=1S/C16H19N5O2/c1-2-6-13(12-7-4-3-5-8-12)19-16(23)21-20-15(22)14-11-17-9-10-18-14/h3-5,7-11,13H,2,6H2,1H3,(H,20,22)(H2,19,21,23). The summed E-state index contributed by atoms with van der Waals surface area (Å²) in [4.78, 5) is 31.4. The molecule has 120 valence electrons. The van der Waals surface area contributed by atoms with Gasteiger partial charge < -0.3 is 5.32 Å². The molecule has 3 amide bonds. The van der Waals surface area contributed by atoms with Gasteiger partial charge in [-0.1, -0.05) is 43.7 Å². The largest absolute Gasteiger partial charge is 0.333 e. The summed E-state index contributed by atoms with van der Waals surface area (Å²) in [6.45, 7) is 2.05. The van der Waals surface area contributed by atoms with Crippen molar-refractivity contribution in [3.05, 3.63) is 60.2 Å². The van der Waals surface area contributed by atoms with Crippen LogP contribution in [0.4, 0.5) is 4.79 Å². The lowest BCUT2D eigenvalue weighted by Crippen LogP contribution is -2.48. The Morgan fingerprint density at radius 1 is 1.13 bits per heavy atom. The summed E-state index contributed by atoms with van der Waals surface area (Å²) >= 11 is 0. The van der Waals surface area contributed by atoms with Crippen LogP contribution in [0, 0.1) is 0 Å². The lowest BCUT2D eigenvalue weighted by molar-refractivity contribution is 0.0930. The quantitative estimate of drug-likeness (QED) is 0.735. The number of carbonyl (C=O) groups is 2. The predicted molar refractivity (Wildman–Crippen MR) is 85.3 cm³/mol. The molecule has 23 heavy (non-hydrogen) atoms. The highest BCUT2D eigenvalue weighted by atomic mass is 16.2. The van der Waals surface area contributed by atoms with Crippen molar-refractivity contribution in [3.8, 4) is 0 Å². The number of hydrogen-bond donors (Lipinski definition) is 3. The summed E-state index contributed by atoms with van der Waals surface area (Å²) in [5, 5.41) is 2.84. The van der Waals surface area contributed by atoms with Crippen molar-refractivity contribution in [3.63, 3.8) is 0 Å². The van der Waals surface area contributed by atoms with Crippen LogP contribution < -0.4 is 16.2 Å². The fraction of sp³-hybridized carbons (Fsp3) is 0.250. The number of hydrogen-bond acceptors (Lipinski definition) is 4. The van der Waals surface area contributed by atoms with Gasteiger partial charge in [-0.2, -0.15) is 0 Å². The molecule has 0 fully saturated rings. The van der Waals surface area contributed by atoms with E-state index >= 15 is 0 Å². The van der Waals surface area contributed by atoms with Gasteiger partial charge in [-0.15, -0.1) is 0 Å². The minimum absolute atomic E-state index is 0.116. The topological polar surface area (TPSA) is 96.0 Å². The molecule has 2 aromatic rings. The van der Waals surface area contributed by atoms with Crippen LogP contribution in [0.5, 0.6) is 0 Å². The smallest absolute Gasteiger partial charge is 0.330 e. The van der Waals surface area contributed by atoms with Crippen molar-refractivity contribution in [2.75, 3.05) is 0 Å². The Morgan fingerprint density at radius 3 is 2.57 bits per heavy atom. The molecular weight excluding hydrogens is 294 g/mol. The molecule has 1 aromatic carbocycles. The van der Waals surface area contributed by atoms with Crippen LogP contribution >= 0.6 is 0 Å². The fourth-order valence-electron chi connectivity index (χ4n) is 2.08. The van der Waals surface area contributed by atoms with Gasteiger partial charge in [0.2, 0.25) is 0 Å². The molecule has 0 aliphatic heterocycles. The predicted octanol–water partition coefficient (Wildman–Crippen LogP) is 1.96. The number of benzene rings is 1. The average molecular weight is 313 g/mol. The third-order valence-electron chi connectivity index (χ3n) is 3.17. The molecular formula is C16H19N5O2. The molecule has 0 spiro atoms. The van der Waals surface area contributed by atoms with Gasteiger partial charge in [0.05, 0.1) is 12.2 Å². The van der Waals surface area contributed by atoms with Crippen molar-refractivity contribution in [1.29, 1.82) is 0 Å². The average Bonchev–Trinajstić information content (AvgIpc) is 2.61. The van der Waals surface area contributed by atoms with Crippen LogP contribution in [-0.4, -0.2) is 21.9 Å². The Hall–Kier alpha value is -2.96. The summed E-state index contributed by atoms with van der Waals surface area (Å²) < 4.78 is 0. The lowest BCUT2D eigenvalue weighted by atomic mass is 10.0. The first-order valence-electron chi connectivity index (χ1n) is 7.38. The maximum absolute atomic E-state index is 12.0. The maximum Gasteiger partial charge on any atom is 0.333 e. The van der Waals surface area contributed by atoms with Crippen LogP contribution in [0.15, 0.2) is 48.9 Å². The Labute approximate surface area is 134 Å².